The number of nitrogens with one attached hydrogen (secondary N) is 1. The molecule has 1 saturated carbocycles. The lowest BCUT2D eigenvalue weighted by molar-refractivity contribution is -0.140. The Balaban J connectivity index is 1.96. The molecular formula is C22H14ClF10NO. The quantitative estimate of drug-likeness (QED) is 0.392. The fourth-order valence-electron chi connectivity index (χ4n) is 3.48. The van der Waals surface area contributed by atoms with E-state index >= 15 is 0 Å². The van der Waals surface area contributed by atoms with Crippen LogP contribution in [0.1, 0.15) is 45.8 Å². The Bertz CT molecular complexity index is 1150. The summed E-state index contributed by atoms with van der Waals surface area (Å²) in [6.45, 7) is 0. The number of hydrogen-bond donors (Lipinski definition) is 1. The van der Waals surface area contributed by atoms with Gasteiger partial charge in [-0.2, -0.15) is 26.3 Å². The van der Waals surface area contributed by atoms with Crippen LogP contribution >= 0.6 is 11.6 Å². The largest absolute Gasteiger partial charge is 0.417 e. The van der Waals surface area contributed by atoms with Crippen molar-refractivity contribution < 1.29 is 48.7 Å². The van der Waals surface area contributed by atoms with Gasteiger partial charge in [-0.3, -0.25) is 4.79 Å². The molecule has 0 heterocycles. The van der Waals surface area contributed by atoms with E-state index in [-0.39, 0.29) is 12.1 Å². The highest BCUT2D eigenvalue weighted by Crippen LogP contribution is 2.41. The summed E-state index contributed by atoms with van der Waals surface area (Å²) in [5.41, 5.74) is -4.27. The van der Waals surface area contributed by atoms with E-state index in [1.54, 1.807) is 0 Å². The van der Waals surface area contributed by atoms with Crippen molar-refractivity contribution in [1.82, 2.24) is 5.32 Å². The summed E-state index contributed by atoms with van der Waals surface area (Å²) in [5, 5.41) is 1.34. The van der Waals surface area contributed by atoms with Gasteiger partial charge in [0.1, 0.15) is 17.6 Å². The van der Waals surface area contributed by atoms with Crippen molar-refractivity contribution in [2.75, 3.05) is 0 Å². The molecule has 0 saturated heterocycles. The molecule has 0 radical (unpaired) electrons. The average Bonchev–Trinajstić information content (AvgIpc) is 2.70. The molecule has 0 bridgehead atoms. The first kappa shape index (κ1) is 26.8. The van der Waals surface area contributed by atoms with Crippen molar-refractivity contribution in [2.24, 2.45) is 0 Å². The molecule has 1 aliphatic rings. The number of rotatable bonds is 5. The minimum Gasteiger partial charge on any atom is -0.349 e. The van der Waals surface area contributed by atoms with Crippen molar-refractivity contribution in [1.29, 1.82) is 0 Å². The van der Waals surface area contributed by atoms with Crippen molar-refractivity contribution >= 4 is 23.3 Å². The fourth-order valence-corrected chi connectivity index (χ4v) is 3.67. The van der Waals surface area contributed by atoms with Gasteiger partial charge in [-0.15, -0.1) is 0 Å². The van der Waals surface area contributed by atoms with Crippen LogP contribution in [0.25, 0.3) is 5.83 Å². The number of hydrogen-bond acceptors (Lipinski definition) is 1. The maximum Gasteiger partial charge on any atom is 0.417 e. The summed E-state index contributed by atoms with van der Waals surface area (Å²) in [5.74, 6) is -9.81. The zero-order valence-electron chi connectivity index (χ0n) is 17.2. The first-order valence-corrected chi connectivity index (χ1v) is 10.1. The topological polar surface area (TPSA) is 29.1 Å². The third-order valence-corrected chi connectivity index (χ3v) is 5.53. The summed E-state index contributed by atoms with van der Waals surface area (Å²) >= 11 is 5.48. The van der Waals surface area contributed by atoms with Crippen LogP contribution in [-0.2, 0) is 6.18 Å². The summed E-state index contributed by atoms with van der Waals surface area (Å²) in [6, 6.07) is 2.19. The van der Waals surface area contributed by atoms with Crippen molar-refractivity contribution in [2.45, 2.75) is 43.1 Å². The van der Waals surface area contributed by atoms with Gasteiger partial charge in [0.15, 0.2) is 0 Å². The number of allylic oxidation sites excluding steroid dienone is 1. The zero-order chi connectivity index (χ0) is 26.3. The van der Waals surface area contributed by atoms with Crippen LogP contribution < -0.4 is 5.32 Å². The van der Waals surface area contributed by atoms with Gasteiger partial charge >= 0.3 is 12.4 Å². The second kappa shape index (κ2) is 9.36. The molecule has 1 atom stereocenters. The van der Waals surface area contributed by atoms with E-state index in [0.717, 1.165) is 0 Å². The molecule has 1 amide bonds. The van der Waals surface area contributed by atoms with Crippen molar-refractivity contribution in [3.8, 4) is 0 Å². The molecule has 2 aromatic carbocycles. The molecule has 13 heteroatoms. The number of amides is 1. The zero-order valence-corrected chi connectivity index (χ0v) is 17.9. The second-order valence-electron chi connectivity index (χ2n) is 7.90. The van der Waals surface area contributed by atoms with Gasteiger partial charge in [0, 0.05) is 24.4 Å². The molecule has 1 fully saturated rings. The molecule has 0 spiro atoms. The van der Waals surface area contributed by atoms with E-state index in [4.69, 9.17) is 11.6 Å². The van der Waals surface area contributed by atoms with Gasteiger partial charge in [0.05, 0.1) is 16.1 Å². The van der Waals surface area contributed by atoms with Crippen LogP contribution in [0.3, 0.4) is 0 Å². The van der Waals surface area contributed by atoms with E-state index < -0.39 is 87.9 Å². The number of halogens is 11. The van der Waals surface area contributed by atoms with Crippen LogP contribution in [0.2, 0.25) is 5.02 Å². The molecule has 190 valence electrons. The van der Waals surface area contributed by atoms with Gasteiger partial charge in [-0.1, -0.05) is 23.7 Å². The molecule has 1 aliphatic carbocycles. The molecular weight excluding hydrogens is 520 g/mol. The predicted octanol–water partition coefficient (Wildman–Crippen LogP) is 7.68. The van der Waals surface area contributed by atoms with Crippen LogP contribution in [-0.4, -0.2) is 24.0 Å². The summed E-state index contributed by atoms with van der Waals surface area (Å²) < 4.78 is 135. The fraction of sp³-hybridized carbons (Fsp3) is 0.318. The van der Waals surface area contributed by atoms with Gasteiger partial charge < -0.3 is 5.32 Å². The Morgan fingerprint density at radius 1 is 1.06 bits per heavy atom. The lowest BCUT2D eigenvalue weighted by Crippen LogP contribution is -2.50. The second-order valence-corrected chi connectivity index (χ2v) is 8.31. The Morgan fingerprint density at radius 3 is 2.20 bits per heavy atom. The molecule has 35 heavy (non-hydrogen) atoms. The number of carbonyl (C=O) groups excluding carboxylic acids is 1. The lowest BCUT2D eigenvalue weighted by atomic mass is 9.88. The molecule has 1 N–H and O–H groups in total. The maximum atomic E-state index is 14.7. The molecule has 0 aliphatic heterocycles. The minimum absolute atomic E-state index is 0.00472. The van der Waals surface area contributed by atoms with Gasteiger partial charge in [-0.25, -0.2) is 17.6 Å². The molecule has 0 aromatic heterocycles. The third-order valence-electron chi connectivity index (χ3n) is 5.24. The Labute approximate surface area is 196 Å². The van der Waals surface area contributed by atoms with Crippen molar-refractivity contribution in [3.63, 3.8) is 0 Å². The predicted molar refractivity (Wildman–Crippen MR) is 106 cm³/mol. The smallest absolute Gasteiger partial charge is 0.349 e. The Kier molecular flexibility index (Phi) is 7.18. The first-order valence-electron chi connectivity index (χ1n) is 9.77. The van der Waals surface area contributed by atoms with E-state index in [1.807, 2.05) is 5.32 Å². The van der Waals surface area contributed by atoms with Crippen LogP contribution in [0, 0.1) is 5.82 Å². The summed E-state index contributed by atoms with van der Waals surface area (Å²) in [7, 11) is 0. The normalized spacial score (nSPS) is 17.6. The molecule has 2 aromatic rings. The van der Waals surface area contributed by atoms with Crippen LogP contribution in [0.15, 0.2) is 42.5 Å². The van der Waals surface area contributed by atoms with Gasteiger partial charge in [-0.05, 0) is 35.9 Å². The van der Waals surface area contributed by atoms with Crippen LogP contribution in [0.5, 0.6) is 0 Å². The minimum atomic E-state index is -5.22. The first-order chi connectivity index (χ1) is 16.0. The standard InChI is InChI=1S/C22H14ClF10NO/c23-16-6-10(2-4-17(16)24)14(21(28,29)30)7-18(25)11-1-3-13(15(5-11)22(31,32)33)19(35)34-12-8-20(26,27)9-12/h1-7,12,14H,8-9H2,(H,34,35). The Morgan fingerprint density at radius 2 is 1.69 bits per heavy atom. The maximum absolute atomic E-state index is 14.7. The SMILES string of the molecule is O=C(NC1CC(F)(F)C1)c1ccc(C(F)=CC(c2ccc(F)c(Cl)c2)C(F)(F)F)cc1C(F)(F)F. The van der Waals surface area contributed by atoms with Gasteiger partial charge in [0.25, 0.3) is 11.8 Å². The van der Waals surface area contributed by atoms with E-state index in [2.05, 4.69) is 0 Å². The number of benzene rings is 2. The summed E-state index contributed by atoms with van der Waals surface area (Å²) in [4.78, 5) is 12.2. The highest BCUT2D eigenvalue weighted by molar-refractivity contribution is 6.30. The number of carbonyl (C=O) groups is 1. The van der Waals surface area contributed by atoms with E-state index in [0.29, 0.717) is 30.3 Å². The molecule has 1 unspecified atom stereocenters. The molecule has 3 rings (SSSR count). The highest BCUT2D eigenvalue weighted by atomic mass is 35.5. The highest BCUT2D eigenvalue weighted by Gasteiger charge is 2.46. The molecule has 2 nitrogen and oxygen atoms in total. The van der Waals surface area contributed by atoms with Gasteiger partial charge in [0.2, 0.25) is 0 Å². The van der Waals surface area contributed by atoms with Crippen LogP contribution in [0.4, 0.5) is 43.9 Å². The van der Waals surface area contributed by atoms with Crippen molar-refractivity contribution in [3.05, 3.63) is 75.6 Å². The third kappa shape index (κ3) is 6.28. The van der Waals surface area contributed by atoms with E-state index in [9.17, 15) is 48.7 Å². The Hall–Kier alpha value is -2.76. The number of alkyl halides is 8. The lowest BCUT2D eigenvalue weighted by Gasteiger charge is -2.35. The average molecular weight is 534 g/mol. The monoisotopic (exact) mass is 533 g/mol. The van der Waals surface area contributed by atoms with E-state index in [1.165, 1.54) is 0 Å². The summed E-state index contributed by atoms with van der Waals surface area (Å²) in [6.07, 6.45) is -11.9.